The molecule has 0 bridgehead atoms. The van der Waals surface area contributed by atoms with E-state index in [1.54, 1.807) is 12.3 Å². The molecule has 3 N–H and O–H groups in total. The normalized spacial score (nSPS) is 13.7. The summed E-state index contributed by atoms with van der Waals surface area (Å²) in [5.41, 5.74) is 6.76. The Morgan fingerprint density at radius 2 is 2.00 bits per heavy atom. The smallest absolute Gasteiger partial charge is 0.123 e. The highest BCUT2D eigenvalue weighted by Crippen LogP contribution is 2.22. The van der Waals surface area contributed by atoms with Crippen molar-refractivity contribution in [2.45, 2.75) is 33.7 Å². The molecule has 1 unspecified atom stereocenters. The first-order valence-corrected chi connectivity index (χ1v) is 4.87. The predicted octanol–water partition coefficient (Wildman–Crippen LogP) is 2.51. The molecule has 0 saturated heterocycles. The first-order chi connectivity index (χ1) is 6.39. The molecule has 0 aromatic carbocycles. The number of hydrogen-bond donors (Lipinski definition) is 2. The van der Waals surface area contributed by atoms with Crippen LogP contribution in [-0.2, 0) is 0 Å². The zero-order valence-electron chi connectivity index (χ0n) is 9.33. The highest BCUT2D eigenvalue weighted by Gasteiger charge is 2.19. The summed E-state index contributed by atoms with van der Waals surface area (Å²) in [6.45, 7) is 8.77. The van der Waals surface area contributed by atoms with Crippen LogP contribution in [0, 0.1) is 5.41 Å². The summed E-state index contributed by atoms with van der Waals surface area (Å²) in [4.78, 5) is 4.03. The largest absolute Gasteiger partial charge is 0.384 e. The van der Waals surface area contributed by atoms with Crippen LogP contribution in [0.5, 0.6) is 0 Å². The lowest BCUT2D eigenvalue weighted by Crippen LogP contribution is -2.30. The van der Waals surface area contributed by atoms with Gasteiger partial charge < -0.3 is 11.1 Å². The molecule has 0 spiro atoms. The molecule has 0 amide bonds. The fourth-order valence-corrected chi connectivity index (χ4v) is 0.957. The number of rotatable bonds is 2. The van der Waals surface area contributed by atoms with Crippen LogP contribution < -0.4 is 11.1 Å². The second kappa shape index (κ2) is 3.86. The van der Waals surface area contributed by atoms with E-state index >= 15 is 0 Å². The van der Waals surface area contributed by atoms with Crippen LogP contribution in [0.15, 0.2) is 18.3 Å². The lowest BCUT2D eigenvalue weighted by molar-refractivity contribution is 0.359. The van der Waals surface area contributed by atoms with E-state index in [0.717, 1.165) is 5.69 Å². The molecule has 0 saturated carbocycles. The van der Waals surface area contributed by atoms with Crippen LogP contribution >= 0.6 is 0 Å². The number of nitrogens with zero attached hydrogens (tertiary/aromatic N) is 1. The molecule has 0 radical (unpaired) electrons. The fourth-order valence-electron chi connectivity index (χ4n) is 0.957. The minimum absolute atomic E-state index is 0.237. The highest BCUT2D eigenvalue weighted by molar-refractivity contribution is 5.46. The Morgan fingerprint density at radius 1 is 1.36 bits per heavy atom. The fraction of sp³-hybridized carbons (Fsp3) is 0.545. The average Bonchev–Trinajstić information content (AvgIpc) is 2.07. The first kappa shape index (κ1) is 10.8. The van der Waals surface area contributed by atoms with Crippen molar-refractivity contribution < 1.29 is 0 Å². The third-order valence-electron chi connectivity index (χ3n) is 2.47. The van der Waals surface area contributed by atoms with E-state index in [1.807, 2.05) is 6.07 Å². The molecule has 14 heavy (non-hydrogen) atoms. The van der Waals surface area contributed by atoms with Gasteiger partial charge in [0.25, 0.3) is 0 Å². The first-order valence-electron chi connectivity index (χ1n) is 4.87. The molecule has 0 aliphatic heterocycles. The predicted molar refractivity (Wildman–Crippen MR) is 61.2 cm³/mol. The Kier molecular flexibility index (Phi) is 2.99. The maximum absolute atomic E-state index is 5.50. The van der Waals surface area contributed by atoms with E-state index in [9.17, 15) is 0 Å². The Labute approximate surface area is 85.7 Å². The van der Waals surface area contributed by atoms with Gasteiger partial charge in [-0.2, -0.15) is 0 Å². The third-order valence-corrected chi connectivity index (χ3v) is 2.47. The van der Waals surface area contributed by atoms with Crippen molar-refractivity contribution in [2.24, 2.45) is 5.41 Å². The van der Waals surface area contributed by atoms with E-state index in [4.69, 9.17) is 5.73 Å². The van der Waals surface area contributed by atoms with E-state index < -0.39 is 0 Å². The SMILES string of the molecule is CC(Nc1ccc(N)nc1)C(C)(C)C. The van der Waals surface area contributed by atoms with Crippen LogP contribution in [0.1, 0.15) is 27.7 Å². The van der Waals surface area contributed by atoms with Gasteiger partial charge in [0.2, 0.25) is 0 Å². The third kappa shape index (κ3) is 2.91. The van der Waals surface area contributed by atoms with Gasteiger partial charge in [-0.25, -0.2) is 4.98 Å². The summed E-state index contributed by atoms with van der Waals surface area (Å²) in [7, 11) is 0. The summed E-state index contributed by atoms with van der Waals surface area (Å²) in [5, 5.41) is 3.39. The van der Waals surface area contributed by atoms with Gasteiger partial charge >= 0.3 is 0 Å². The molecule has 1 aromatic rings. The summed E-state index contributed by atoms with van der Waals surface area (Å²) in [6, 6.07) is 4.15. The quantitative estimate of drug-likeness (QED) is 0.758. The highest BCUT2D eigenvalue weighted by atomic mass is 14.9. The lowest BCUT2D eigenvalue weighted by atomic mass is 9.88. The van der Waals surface area contributed by atoms with Gasteiger partial charge in [0, 0.05) is 6.04 Å². The zero-order valence-corrected chi connectivity index (χ0v) is 9.33. The van der Waals surface area contributed by atoms with E-state index in [1.165, 1.54) is 0 Å². The van der Waals surface area contributed by atoms with Crippen molar-refractivity contribution in [1.82, 2.24) is 4.98 Å². The molecule has 1 rings (SSSR count). The average molecular weight is 193 g/mol. The van der Waals surface area contributed by atoms with Crippen molar-refractivity contribution in [3.05, 3.63) is 18.3 Å². The molecule has 1 heterocycles. The van der Waals surface area contributed by atoms with Crippen molar-refractivity contribution in [3.8, 4) is 0 Å². The molecule has 3 nitrogen and oxygen atoms in total. The molecule has 0 fully saturated rings. The monoisotopic (exact) mass is 193 g/mol. The van der Waals surface area contributed by atoms with Crippen LogP contribution in [-0.4, -0.2) is 11.0 Å². The van der Waals surface area contributed by atoms with Gasteiger partial charge in [0.15, 0.2) is 0 Å². The molecule has 78 valence electrons. The molecular formula is C11H19N3. The summed E-state index contributed by atoms with van der Waals surface area (Å²) in [5.74, 6) is 0.555. The number of hydrogen-bond acceptors (Lipinski definition) is 3. The van der Waals surface area contributed by atoms with Crippen LogP contribution in [0.2, 0.25) is 0 Å². The van der Waals surface area contributed by atoms with Crippen molar-refractivity contribution in [2.75, 3.05) is 11.1 Å². The Balaban J connectivity index is 2.65. The maximum Gasteiger partial charge on any atom is 0.123 e. The number of anilines is 2. The van der Waals surface area contributed by atoms with Gasteiger partial charge in [-0.3, -0.25) is 0 Å². The number of nitrogen functional groups attached to an aromatic ring is 1. The molecule has 1 aromatic heterocycles. The van der Waals surface area contributed by atoms with Gasteiger partial charge in [-0.15, -0.1) is 0 Å². The Bertz CT molecular complexity index is 284. The lowest BCUT2D eigenvalue weighted by Gasteiger charge is -2.28. The van der Waals surface area contributed by atoms with Crippen LogP contribution in [0.25, 0.3) is 0 Å². The minimum atomic E-state index is 0.237. The van der Waals surface area contributed by atoms with Crippen molar-refractivity contribution in [1.29, 1.82) is 0 Å². The van der Waals surface area contributed by atoms with Gasteiger partial charge in [0.1, 0.15) is 5.82 Å². The van der Waals surface area contributed by atoms with E-state index in [0.29, 0.717) is 11.9 Å². The van der Waals surface area contributed by atoms with Gasteiger partial charge in [-0.05, 0) is 24.5 Å². The second-order valence-electron chi connectivity index (χ2n) is 4.70. The number of aromatic nitrogens is 1. The summed E-state index contributed by atoms with van der Waals surface area (Å²) >= 11 is 0. The van der Waals surface area contributed by atoms with Crippen molar-refractivity contribution in [3.63, 3.8) is 0 Å². The van der Waals surface area contributed by atoms with Crippen LogP contribution in [0.4, 0.5) is 11.5 Å². The molecule has 3 heteroatoms. The van der Waals surface area contributed by atoms with Gasteiger partial charge in [0.05, 0.1) is 11.9 Å². The number of nitrogens with two attached hydrogens (primary N) is 1. The van der Waals surface area contributed by atoms with Crippen LogP contribution in [0.3, 0.4) is 0 Å². The van der Waals surface area contributed by atoms with Gasteiger partial charge in [-0.1, -0.05) is 20.8 Å². The number of nitrogens with one attached hydrogen (secondary N) is 1. The Morgan fingerprint density at radius 3 is 2.43 bits per heavy atom. The van der Waals surface area contributed by atoms with E-state index in [-0.39, 0.29) is 5.41 Å². The molecule has 0 aliphatic rings. The molecular weight excluding hydrogens is 174 g/mol. The molecule has 0 aliphatic carbocycles. The summed E-state index contributed by atoms with van der Waals surface area (Å²) in [6.07, 6.45) is 1.76. The van der Waals surface area contributed by atoms with Crippen molar-refractivity contribution >= 4 is 11.5 Å². The maximum atomic E-state index is 5.50. The number of pyridine rings is 1. The topological polar surface area (TPSA) is 50.9 Å². The minimum Gasteiger partial charge on any atom is -0.384 e. The Hall–Kier alpha value is -1.25. The van der Waals surface area contributed by atoms with E-state index in [2.05, 4.69) is 38.0 Å². The summed E-state index contributed by atoms with van der Waals surface area (Å²) < 4.78 is 0. The molecule has 1 atom stereocenters. The zero-order chi connectivity index (χ0) is 10.8. The standard InChI is InChI=1S/C11H19N3/c1-8(11(2,3)4)14-9-5-6-10(12)13-7-9/h5-8,14H,1-4H3,(H2,12,13). The second-order valence-corrected chi connectivity index (χ2v) is 4.70.